The van der Waals surface area contributed by atoms with Gasteiger partial charge < -0.3 is 19.9 Å². The Balaban J connectivity index is 1.91. The number of nitrogens with zero attached hydrogens (tertiary/aromatic N) is 2. The second kappa shape index (κ2) is 11.0. The van der Waals surface area contributed by atoms with Crippen LogP contribution in [-0.4, -0.2) is 64.2 Å². The zero-order valence-electron chi connectivity index (χ0n) is 18.8. The number of ether oxygens (including phenoxy) is 1. The summed E-state index contributed by atoms with van der Waals surface area (Å²) in [5.74, 6) is 0.949. The van der Waals surface area contributed by atoms with Gasteiger partial charge in [0.1, 0.15) is 12.4 Å². The van der Waals surface area contributed by atoms with Crippen LogP contribution >= 0.6 is 0 Å². The first-order valence-electron chi connectivity index (χ1n) is 10.8. The Kier molecular flexibility index (Phi) is 8.12. The molecule has 0 fully saturated rings. The molecule has 4 heteroatoms. The molecule has 0 saturated heterocycles. The zero-order chi connectivity index (χ0) is 21.3. The van der Waals surface area contributed by atoms with Gasteiger partial charge in [0, 0.05) is 36.5 Å². The monoisotopic (exact) mass is 405 g/mol. The first-order chi connectivity index (χ1) is 14.5. The molecule has 2 aromatic carbocycles. The zero-order valence-corrected chi connectivity index (χ0v) is 18.8. The number of hydrogen-bond acceptors (Lipinski definition) is 4. The summed E-state index contributed by atoms with van der Waals surface area (Å²) in [6, 6.07) is 17.1. The molecular formula is C26H35N3O. The molecule has 0 bridgehead atoms. The van der Waals surface area contributed by atoms with Crippen LogP contribution in [0.25, 0.3) is 16.7 Å². The Morgan fingerprint density at radius 2 is 1.57 bits per heavy atom. The van der Waals surface area contributed by atoms with E-state index in [-0.39, 0.29) is 0 Å². The van der Waals surface area contributed by atoms with Crippen molar-refractivity contribution in [3.05, 3.63) is 71.9 Å². The van der Waals surface area contributed by atoms with E-state index in [2.05, 4.69) is 104 Å². The number of nitrogens with one attached hydrogen (secondary N) is 1. The topological polar surface area (TPSA) is 27.7 Å². The molecule has 0 spiro atoms. The molecule has 0 aromatic heterocycles. The summed E-state index contributed by atoms with van der Waals surface area (Å²) >= 11 is 0. The Bertz CT molecular complexity index is 869. The molecule has 3 rings (SSSR count). The second-order valence-corrected chi connectivity index (χ2v) is 8.27. The van der Waals surface area contributed by atoms with Crippen molar-refractivity contribution in [2.75, 3.05) is 54.4 Å². The lowest BCUT2D eigenvalue weighted by Gasteiger charge is -2.23. The Labute approximate surface area is 181 Å². The van der Waals surface area contributed by atoms with Crippen LogP contribution in [0.5, 0.6) is 5.75 Å². The smallest absolute Gasteiger partial charge is 0.127 e. The van der Waals surface area contributed by atoms with Crippen LogP contribution in [0.3, 0.4) is 0 Å². The average Bonchev–Trinajstić information content (AvgIpc) is 2.74. The van der Waals surface area contributed by atoms with Gasteiger partial charge in [0.15, 0.2) is 0 Å². The van der Waals surface area contributed by atoms with Gasteiger partial charge in [-0.25, -0.2) is 0 Å². The Morgan fingerprint density at radius 3 is 2.30 bits per heavy atom. The van der Waals surface area contributed by atoms with E-state index in [9.17, 15) is 0 Å². The summed E-state index contributed by atoms with van der Waals surface area (Å²) in [5.41, 5.74) is 6.06. The van der Waals surface area contributed by atoms with E-state index in [1.165, 1.54) is 28.0 Å². The van der Waals surface area contributed by atoms with Crippen molar-refractivity contribution < 1.29 is 4.74 Å². The van der Waals surface area contributed by atoms with Gasteiger partial charge in [-0.05, 0) is 64.3 Å². The van der Waals surface area contributed by atoms with E-state index in [4.69, 9.17) is 4.74 Å². The molecule has 1 N–H and O–H groups in total. The third kappa shape index (κ3) is 6.22. The van der Waals surface area contributed by atoms with Gasteiger partial charge in [-0.15, -0.1) is 0 Å². The number of rotatable bonds is 10. The maximum atomic E-state index is 6.24. The lowest BCUT2D eigenvalue weighted by molar-refractivity contribution is 0.261. The molecule has 0 unspecified atom stereocenters. The van der Waals surface area contributed by atoms with Crippen LogP contribution in [-0.2, 0) is 0 Å². The SMILES string of the molecule is CN(C)CCNC1=CCCC=C1c1cc(-c2ccccc2)ccc1OCCN(C)C. The predicted octanol–water partition coefficient (Wildman–Crippen LogP) is 4.51. The summed E-state index contributed by atoms with van der Waals surface area (Å²) in [6.45, 7) is 3.49. The van der Waals surface area contributed by atoms with Crippen LogP contribution in [0, 0.1) is 0 Å². The van der Waals surface area contributed by atoms with Gasteiger partial charge in [0.25, 0.3) is 0 Å². The van der Waals surface area contributed by atoms with E-state index in [0.29, 0.717) is 6.61 Å². The molecule has 0 saturated carbocycles. The Hall–Kier alpha value is -2.56. The minimum Gasteiger partial charge on any atom is -0.492 e. The molecule has 0 heterocycles. The first-order valence-corrected chi connectivity index (χ1v) is 10.8. The van der Waals surface area contributed by atoms with Crippen LogP contribution < -0.4 is 10.1 Å². The lowest BCUT2D eigenvalue weighted by atomic mass is 9.92. The summed E-state index contributed by atoms with van der Waals surface area (Å²) < 4.78 is 6.24. The van der Waals surface area contributed by atoms with Crippen molar-refractivity contribution in [1.29, 1.82) is 0 Å². The van der Waals surface area contributed by atoms with Crippen molar-refractivity contribution >= 4 is 5.57 Å². The number of likely N-dealkylation sites (N-methyl/N-ethyl adjacent to an activating group) is 2. The molecular weight excluding hydrogens is 370 g/mol. The molecule has 1 aliphatic rings. The molecule has 0 aliphatic heterocycles. The van der Waals surface area contributed by atoms with Crippen LogP contribution in [0.2, 0.25) is 0 Å². The van der Waals surface area contributed by atoms with E-state index in [1.54, 1.807) is 0 Å². The summed E-state index contributed by atoms with van der Waals surface area (Å²) in [5, 5.41) is 3.65. The van der Waals surface area contributed by atoms with Crippen molar-refractivity contribution in [3.63, 3.8) is 0 Å². The highest BCUT2D eigenvalue weighted by molar-refractivity contribution is 5.85. The van der Waals surface area contributed by atoms with Crippen LogP contribution in [0.4, 0.5) is 0 Å². The van der Waals surface area contributed by atoms with Gasteiger partial charge in [-0.2, -0.15) is 0 Å². The van der Waals surface area contributed by atoms with Gasteiger partial charge in [-0.1, -0.05) is 48.6 Å². The summed E-state index contributed by atoms with van der Waals surface area (Å²) in [6.07, 6.45) is 6.80. The Morgan fingerprint density at radius 1 is 0.833 bits per heavy atom. The fourth-order valence-electron chi connectivity index (χ4n) is 3.53. The molecule has 160 valence electrons. The number of hydrogen-bond donors (Lipinski definition) is 1. The maximum absolute atomic E-state index is 6.24. The number of allylic oxidation sites excluding steroid dienone is 3. The molecule has 0 atom stereocenters. The van der Waals surface area contributed by atoms with Crippen molar-refractivity contribution in [3.8, 4) is 16.9 Å². The third-order valence-electron chi connectivity index (χ3n) is 5.20. The van der Waals surface area contributed by atoms with Crippen molar-refractivity contribution in [2.24, 2.45) is 0 Å². The normalized spacial score (nSPS) is 13.9. The maximum Gasteiger partial charge on any atom is 0.127 e. The molecule has 30 heavy (non-hydrogen) atoms. The van der Waals surface area contributed by atoms with Crippen molar-refractivity contribution in [2.45, 2.75) is 12.8 Å². The lowest BCUT2D eigenvalue weighted by Crippen LogP contribution is -2.27. The van der Waals surface area contributed by atoms with E-state index >= 15 is 0 Å². The van der Waals surface area contributed by atoms with E-state index < -0.39 is 0 Å². The predicted molar refractivity (Wildman–Crippen MR) is 128 cm³/mol. The van der Waals surface area contributed by atoms with Gasteiger partial charge >= 0.3 is 0 Å². The highest BCUT2D eigenvalue weighted by atomic mass is 16.5. The highest BCUT2D eigenvalue weighted by Gasteiger charge is 2.17. The third-order valence-corrected chi connectivity index (χ3v) is 5.20. The molecule has 0 radical (unpaired) electrons. The van der Waals surface area contributed by atoms with E-state index in [0.717, 1.165) is 38.2 Å². The molecule has 4 nitrogen and oxygen atoms in total. The minimum atomic E-state index is 0.672. The molecule has 0 amide bonds. The molecule has 1 aliphatic carbocycles. The van der Waals surface area contributed by atoms with Crippen LogP contribution in [0.15, 0.2) is 66.4 Å². The van der Waals surface area contributed by atoms with Gasteiger partial charge in [-0.3, -0.25) is 0 Å². The number of benzene rings is 2. The van der Waals surface area contributed by atoms with E-state index in [1.807, 2.05) is 0 Å². The summed E-state index contributed by atoms with van der Waals surface area (Å²) in [4.78, 5) is 4.34. The fourth-order valence-corrected chi connectivity index (χ4v) is 3.53. The first kappa shape index (κ1) is 22.1. The highest BCUT2D eigenvalue weighted by Crippen LogP contribution is 2.36. The fraction of sp³-hybridized carbons (Fsp3) is 0.385. The average molecular weight is 406 g/mol. The minimum absolute atomic E-state index is 0.672. The quantitative estimate of drug-likeness (QED) is 0.630. The van der Waals surface area contributed by atoms with Gasteiger partial charge in [0.05, 0.1) is 0 Å². The molecule has 2 aromatic rings. The standard InChI is InChI=1S/C26H35N3O/c1-28(2)17-16-27-25-13-9-8-12-23(25)24-20-22(21-10-6-5-7-11-21)14-15-26(24)30-19-18-29(3)4/h5-7,10-15,20,27H,8-9,16-19H2,1-4H3. The van der Waals surface area contributed by atoms with Gasteiger partial charge in [0.2, 0.25) is 0 Å². The second-order valence-electron chi connectivity index (χ2n) is 8.27. The van der Waals surface area contributed by atoms with Crippen molar-refractivity contribution in [1.82, 2.24) is 15.1 Å². The summed E-state index contributed by atoms with van der Waals surface area (Å²) in [7, 11) is 8.35. The van der Waals surface area contributed by atoms with Crippen LogP contribution in [0.1, 0.15) is 18.4 Å². The largest absolute Gasteiger partial charge is 0.492 e.